The Morgan fingerprint density at radius 2 is 1.05 bits per heavy atom. The van der Waals surface area contributed by atoms with Gasteiger partial charge in [-0.05, 0) is 65.7 Å². The molecule has 7 atom stereocenters. The summed E-state index contributed by atoms with van der Waals surface area (Å²) in [6, 6.07) is -3.57. The first kappa shape index (κ1) is 69.9. The summed E-state index contributed by atoms with van der Waals surface area (Å²) >= 11 is 0. The highest BCUT2D eigenvalue weighted by Crippen LogP contribution is 2.19. The molecule has 0 saturated carbocycles. The van der Waals surface area contributed by atoms with Crippen LogP contribution in [0.3, 0.4) is 0 Å². The molecular weight excluding hydrogens is 993 g/mol. The first-order valence-corrected chi connectivity index (χ1v) is 26.9. The SMILES string of the molecule is CC(=O)[C@H](CCCCNC(=O)CC[C@H](NC(=O)CC[C@H](CC(=O)CC[C@H](NC(=O)CCCCCCCCCCCCCCCCC(=O)O)C(=O)O)C(=O)O)C(=O)O)CC(=O)[C@@H](N)Cc1cnc[nH]1.C[C@H](C(=O)O)[C@@H](C)O.[HH]. The first-order valence-electron chi connectivity index (χ1n) is 26.9. The van der Waals surface area contributed by atoms with Crippen molar-refractivity contribution in [1.29, 1.82) is 0 Å². The van der Waals surface area contributed by atoms with Crippen LogP contribution in [-0.4, -0.2) is 136 Å². The number of hydrogen-bond acceptors (Lipinski definition) is 14. The highest BCUT2D eigenvalue weighted by Gasteiger charge is 2.28. The molecule has 0 fully saturated rings. The summed E-state index contributed by atoms with van der Waals surface area (Å²) in [7, 11) is 0. The zero-order valence-corrected chi connectivity index (χ0v) is 44.9. The number of Topliss-reactive ketones (excluding diaryl/α,β-unsaturated/α-hetero) is 3. The molecule has 0 bridgehead atoms. The summed E-state index contributed by atoms with van der Waals surface area (Å²) in [5.41, 5.74) is 6.72. The molecule has 1 aromatic rings. The Kier molecular flexibility index (Phi) is 38.7. The molecule has 3 amide bonds. The fraction of sp³-hybridized carbons (Fsp3) is 0.736. The van der Waals surface area contributed by atoms with E-state index in [0.717, 1.165) is 57.8 Å². The van der Waals surface area contributed by atoms with Crippen molar-refractivity contribution in [1.82, 2.24) is 25.9 Å². The van der Waals surface area contributed by atoms with Crippen LogP contribution in [0.5, 0.6) is 0 Å². The monoisotopic (exact) mass is 1080 g/mol. The van der Waals surface area contributed by atoms with Crippen LogP contribution in [-0.2, 0) is 59.2 Å². The van der Waals surface area contributed by atoms with Gasteiger partial charge in [-0.1, -0.05) is 83.5 Å². The van der Waals surface area contributed by atoms with Gasteiger partial charge >= 0.3 is 29.8 Å². The van der Waals surface area contributed by atoms with Gasteiger partial charge in [0.15, 0.2) is 5.78 Å². The number of carboxylic acids is 5. The molecule has 0 aliphatic heterocycles. The summed E-state index contributed by atoms with van der Waals surface area (Å²) in [6.07, 6.45) is 16.3. The van der Waals surface area contributed by atoms with Gasteiger partial charge in [0.1, 0.15) is 23.7 Å². The van der Waals surface area contributed by atoms with Crippen molar-refractivity contribution in [2.24, 2.45) is 23.5 Å². The molecule has 23 heteroatoms. The number of unbranched alkanes of at least 4 members (excludes halogenated alkanes) is 14. The van der Waals surface area contributed by atoms with E-state index >= 15 is 0 Å². The third-order valence-corrected chi connectivity index (χ3v) is 13.1. The minimum absolute atomic E-state index is 0. The number of nitrogens with one attached hydrogen (secondary N) is 4. The number of aromatic nitrogens is 2. The Morgan fingerprint density at radius 1 is 0.566 bits per heavy atom. The standard InChI is InChI=1S/C48H78N6O14.C5H10O3.H2/c1-33(55)34(29-41(57)38(49)30-36-31-50-32-52-36)18-16-17-27-51-42(58)26-24-40(48(67)68)54-44(60)25-21-35(46(63)64)28-37(56)22-23-39(47(65)66)53-43(59)19-14-12-10-8-6-4-2-3-5-7-9-11-13-15-20-45(61)62;1-3(4(2)6)5(7)8;/h31-32,34-35,38-40H,2-30,49H2,1H3,(H,50,52)(H,51,58)(H,53,59)(H,54,60)(H,61,62)(H,63,64)(H,65,66)(H,67,68);3-4,6H,1-2H3,(H,7,8);1H/t34-,35-,38+,39+,40+;3-,4+;/m10./s1. The smallest absolute Gasteiger partial charge is 0.326 e. The molecule has 0 spiro atoms. The van der Waals surface area contributed by atoms with Gasteiger partial charge in [-0.15, -0.1) is 0 Å². The molecule has 1 aromatic heterocycles. The van der Waals surface area contributed by atoms with E-state index in [2.05, 4.69) is 25.9 Å². The highest BCUT2D eigenvalue weighted by molar-refractivity contribution is 5.90. The second-order valence-corrected chi connectivity index (χ2v) is 19.7. The Bertz CT molecular complexity index is 1940. The Hall–Kier alpha value is -6.10. The number of imidazole rings is 1. The molecule has 0 radical (unpaired) electrons. The van der Waals surface area contributed by atoms with Crippen molar-refractivity contribution < 1.29 is 84.8 Å². The lowest BCUT2D eigenvalue weighted by molar-refractivity contribution is -0.145. The largest absolute Gasteiger partial charge is 0.481 e. The number of aliphatic hydroxyl groups excluding tert-OH is 1. The lowest BCUT2D eigenvalue weighted by atomic mass is 9.90. The van der Waals surface area contributed by atoms with Crippen LogP contribution in [0.1, 0.15) is 201 Å². The zero-order valence-electron chi connectivity index (χ0n) is 44.9. The van der Waals surface area contributed by atoms with E-state index in [1.165, 1.54) is 52.8 Å². The summed E-state index contributed by atoms with van der Waals surface area (Å²) in [5, 5.41) is 61.8. The number of carboxylic acid groups (broad SMARTS) is 5. The minimum atomic E-state index is -1.45. The fourth-order valence-electron chi connectivity index (χ4n) is 7.94. The van der Waals surface area contributed by atoms with Crippen LogP contribution in [0.4, 0.5) is 0 Å². The average Bonchev–Trinajstić information content (AvgIpc) is 3.87. The number of nitrogens with two attached hydrogens (primary N) is 1. The van der Waals surface area contributed by atoms with Gasteiger partial charge in [0.25, 0.3) is 0 Å². The molecule has 434 valence electrons. The number of carbonyl (C=O) groups excluding carboxylic acids is 6. The average molecular weight is 1080 g/mol. The van der Waals surface area contributed by atoms with Gasteiger partial charge in [0.05, 0.1) is 30.3 Å². The van der Waals surface area contributed by atoms with Crippen LogP contribution in [0.15, 0.2) is 12.5 Å². The quantitative estimate of drug-likeness (QED) is 0.0357. The third-order valence-electron chi connectivity index (χ3n) is 13.1. The number of aliphatic hydroxyl groups is 1. The van der Waals surface area contributed by atoms with Crippen molar-refractivity contribution >= 4 is 64.9 Å². The van der Waals surface area contributed by atoms with E-state index in [4.69, 9.17) is 21.1 Å². The van der Waals surface area contributed by atoms with Crippen LogP contribution >= 0.6 is 0 Å². The zero-order chi connectivity index (χ0) is 57.4. The number of aromatic amines is 1. The van der Waals surface area contributed by atoms with Crippen molar-refractivity contribution in [2.45, 2.75) is 225 Å². The third kappa shape index (κ3) is 36.8. The number of nitrogens with zero attached hydrogens (tertiary/aromatic N) is 1. The van der Waals surface area contributed by atoms with E-state index in [1.807, 2.05) is 0 Å². The molecule has 0 aromatic carbocycles. The molecule has 1 heterocycles. The molecule has 0 aliphatic carbocycles. The molecule has 1 rings (SSSR count). The van der Waals surface area contributed by atoms with Crippen molar-refractivity contribution in [2.75, 3.05) is 6.54 Å². The van der Waals surface area contributed by atoms with E-state index in [1.54, 1.807) is 6.20 Å². The van der Waals surface area contributed by atoms with Crippen LogP contribution in [0, 0.1) is 17.8 Å². The summed E-state index contributed by atoms with van der Waals surface area (Å²) in [5.74, 6) is -11.0. The van der Waals surface area contributed by atoms with Crippen molar-refractivity contribution in [3.8, 4) is 0 Å². The van der Waals surface area contributed by atoms with Crippen molar-refractivity contribution in [3.63, 3.8) is 0 Å². The molecular formula is C53H90N6O17. The number of aliphatic carboxylic acids is 5. The number of amides is 3. The number of hydrogen-bond donors (Lipinski definition) is 11. The predicted molar refractivity (Wildman–Crippen MR) is 281 cm³/mol. The maximum Gasteiger partial charge on any atom is 0.326 e. The van der Waals surface area contributed by atoms with E-state index < -0.39 is 108 Å². The number of ketones is 3. The second-order valence-electron chi connectivity index (χ2n) is 19.7. The van der Waals surface area contributed by atoms with E-state index in [-0.39, 0.29) is 77.3 Å². The maximum atomic E-state index is 12.7. The molecule has 0 unspecified atom stereocenters. The molecule has 76 heavy (non-hydrogen) atoms. The van der Waals surface area contributed by atoms with Gasteiger partial charge < -0.3 is 57.3 Å². The summed E-state index contributed by atoms with van der Waals surface area (Å²) in [4.78, 5) is 138. The first-order chi connectivity index (χ1) is 35.9. The predicted octanol–water partition coefficient (Wildman–Crippen LogP) is 5.53. The lowest BCUT2D eigenvalue weighted by Gasteiger charge is -2.17. The van der Waals surface area contributed by atoms with Gasteiger partial charge in [-0.25, -0.2) is 14.6 Å². The molecule has 0 saturated heterocycles. The molecule has 0 aliphatic rings. The van der Waals surface area contributed by atoms with Crippen LogP contribution < -0.4 is 21.7 Å². The maximum absolute atomic E-state index is 12.7. The van der Waals surface area contributed by atoms with E-state index in [9.17, 15) is 68.1 Å². The normalized spacial score (nSPS) is 13.8. The molecule has 23 nitrogen and oxygen atoms in total. The van der Waals surface area contributed by atoms with Crippen LogP contribution in [0.2, 0.25) is 0 Å². The number of rotatable bonds is 46. The highest BCUT2D eigenvalue weighted by atomic mass is 16.4. The molecule has 12 N–H and O–H groups in total. The Labute approximate surface area is 447 Å². The Morgan fingerprint density at radius 3 is 1.49 bits per heavy atom. The fourth-order valence-corrected chi connectivity index (χ4v) is 7.94. The van der Waals surface area contributed by atoms with Crippen molar-refractivity contribution in [3.05, 3.63) is 18.2 Å². The van der Waals surface area contributed by atoms with Gasteiger partial charge in [-0.3, -0.25) is 43.2 Å². The topological polar surface area (TPSA) is 400 Å². The summed E-state index contributed by atoms with van der Waals surface area (Å²) < 4.78 is 0. The Balaban J connectivity index is 0. The number of H-pyrrole nitrogens is 1. The van der Waals surface area contributed by atoms with Crippen LogP contribution in [0.25, 0.3) is 0 Å². The van der Waals surface area contributed by atoms with Gasteiger partial charge in [-0.2, -0.15) is 0 Å². The van der Waals surface area contributed by atoms with Gasteiger partial charge in [0, 0.05) is 77.1 Å². The minimum Gasteiger partial charge on any atom is -0.481 e. The summed E-state index contributed by atoms with van der Waals surface area (Å²) in [6.45, 7) is 4.56. The second kappa shape index (κ2) is 42.1. The van der Waals surface area contributed by atoms with E-state index in [0.29, 0.717) is 31.4 Å². The lowest BCUT2D eigenvalue weighted by Crippen LogP contribution is -2.42. The van der Waals surface area contributed by atoms with Gasteiger partial charge in [0.2, 0.25) is 17.7 Å². The number of carbonyl (C=O) groups is 11.